The van der Waals surface area contributed by atoms with Crippen molar-refractivity contribution >= 4 is 0 Å². The highest BCUT2D eigenvalue weighted by Gasteiger charge is 2.39. The molecule has 2 rings (SSSR count). The molecule has 3 nitrogen and oxygen atoms in total. The highest BCUT2D eigenvalue weighted by Crippen LogP contribution is 2.39. The molecule has 0 aromatic heterocycles. The van der Waals surface area contributed by atoms with E-state index < -0.39 is 0 Å². The van der Waals surface area contributed by atoms with Crippen LogP contribution >= 0.6 is 0 Å². The highest BCUT2D eigenvalue weighted by molar-refractivity contribution is 4.97. The monoisotopic (exact) mass is 254 g/mol. The van der Waals surface area contributed by atoms with E-state index in [1.807, 2.05) is 0 Å². The van der Waals surface area contributed by atoms with Crippen molar-refractivity contribution in [1.29, 1.82) is 0 Å². The first-order chi connectivity index (χ1) is 8.60. The number of likely N-dealkylation sites (N-methyl/N-ethyl adjacent to an activating group) is 1. The summed E-state index contributed by atoms with van der Waals surface area (Å²) in [6.07, 6.45) is 6.18. The maximum Gasteiger partial charge on any atom is 0.0613 e. The molecule has 2 aliphatic rings. The Balaban J connectivity index is 1.88. The fourth-order valence-electron chi connectivity index (χ4n) is 3.61. The standard InChI is InChI=1S/C15H30N2O/c1-4-16-15(11-18)7-5-6-14(9-15)17(3)10-13-8-12(13)2/h12-14,16,18H,4-11H2,1-3H3. The molecule has 0 radical (unpaired) electrons. The Hall–Kier alpha value is -0.120. The normalized spacial score (nSPS) is 40.2. The van der Waals surface area contributed by atoms with Gasteiger partial charge in [-0.05, 0) is 57.5 Å². The van der Waals surface area contributed by atoms with Gasteiger partial charge >= 0.3 is 0 Å². The Morgan fingerprint density at radius 2 is 2.17 bits per heavy atom. The first-order valence-corrected chi connectivity index (χ1v) is 7.66. The van der Waals surface area contributed by atoms with Gasteiger partial charge in [0.15, 0.2) is 0 Å². The number of aliphatic hydroxyl groups excluding tert-OH is 1. The lowest BCUT2D eigenvalue weighted by molar-refractivity contribution is 0.0687. The van der Waals surface area contributed by atoms with Crippen molar-refractivity contribution in [2.75, 3.05) is 26.7 Å². The molecule has 2 aliphatic carbocycles. The molecule has 2 N–H and O–H groups in total. The summed E-state index contributed by atoms with van der Waals surface area (Å²) in [5.41, 5.74) is -0.0128. The molecule has 4 unspecified atom stereocenters. The summed E-state index contributed by atoms with van der Waals surface area (Å²) in [6, 6.07) is 0.651. The van der Waals surface area contributed by atoms with Gasteiger partial charge < -0.3 is 15.3 Å². The molecule has 18 heavy (non-hydrogen) atoms. The van der Waals surface area contributed by atoms with Crippen LogP contribution < -0.4 is 5.32 Å². The van der Waals surface area contributed by atoms with Crippen LogP contribution in [0, 0.1) is 11.8 Å². The summed E-state index contributed by atoms with van der Waals surface area (Å²) in [4.78, 5) is 2.55. The second-order valence-electron chi connectivity index (χ2n) is 6.63. The molecule has 2 saturated carbocycles. The van der Waals surface area contributed by atoms with Gasteiger partial charge in [-0.25, -0.2) is 0 Å². The van der Waals surface area contributed by atoms with Crippen molar-refractivity contribution in [3.8, 4) is 0 Å². The van der Waals surface area contributed by atoms with Crippen LogP contribution in [0.25, 0.3) is 0 Å². The molecule has 3 heteroatoms. The Labute approximate surface area is 112 Å². The Morgan fingerprint density at radius 1 is 1.44 bits per heavy atom. The minimum absolute atomic E-state index is 0.0128. The zero-order valence-corrected chi connectivity index (χ0v) is 12.3. The van der Waals surface area contributed by atoms with Gasteiger partial charge in [0.2, 0.25) is 0 Å². The van der Waals surface area contributed by atoms with Crippen molar-refractivity contribution in [2.45, 2.75) is 57.5 Å². The molecule has 4 atom stereocenters. The summed E-state index contributed by atoms with van der Waals surface area (Å²) in [6.45, 7) is 6.98. The third kappa shape index (κ3) is 3.25. The average molecular weight is 254 g/mol. The van der Waals surface area contributed by atoms with E-state index in [0.29, 0.717) is 6.04 Å². The minimum Gasteiger partial charge on any atom is -0.394 e. The summed E-state index contributed by atoms with van der Waals surface area (Å²) >= 11 is 0. The smallest absolute Gasteiger partial charge is 0.0613 e. The first-order valence-electron chi connectivity index (χ1n) is 7.66. The van der Waals surface area contributed by atoms with E-state index in [-0.39, 0.29) is 12.1 Å². The topological polar surface area (TPSA) is 35.5 Å². The molecule has 106 valence electrons. The van der Waals surface area contributed by atoms with Crippen LogP contribution in [0.15, 0.2) is 0 Å². The van der Waals surface area contributed by atoms with Crippen LogP contribution in [-0.4, -0.2) is 48.3 Å². The molecule has 0 amide bonds. The van der Waals surface area contributed by atoms with Gasteiger partial charge in [-0.1, -0.05) is 13.8 Å². The predicted molar refractivity (Wildman–Crippen MR) is 75.7 cm³/mol. The van der Waals surface area contributed by atoms with E-state index in [1.165, 1.54) is 25.8 Å². The van der Waals surface area contributed by atoms with Crippen molar-refractivity contribution in [1.82, 2.24) is 10.2 Å². The Bertz CT molecular complexity index is 267. The molecule has 0 spiro atoms. The van der Waals surface area contributed by atoms with E-state index in [2.05, 4.69) is 31.1 Å². The third-order valence-electron chi connectivity index (χ3n) is 5.10. The van der Waals surface area contributed by atoms with Crippen molar-refractivity contribution in [3.63, 3.8) is 0 Å². The molecule has 0 aromatic rings. The number of nitrogens with zero attached hydrogens (tertiary/aromatic N) is 1. The first kappa shape index (κ1) is 14.3. The van der Waals surface area contributed by atoms with Crippen LogP contribution in [0.4, 0.5) is 0 Å². The Kier molecular flexibility index (Phi) is 4.68. The molecular formula is C15H30N2O. The number of aliphatic hydroxyl groups is 1. The zero-order valence-electron chi connectivity index (χ0n) is 12.3. The zero-order chi connectivity index (χ0) is 13.2. The summed E-state index contributed by atoms with van der Waals surface area (Å²) in [7, 11) is 2.27. The largest absolute Gasteiger partial charge is 0.394 e. The van der Waals surface area contributed by atoms with Crippen LogP contribution in [0.2, 0.25) is 0 Å². The average Bonchev–Trinajstić information content (AvgIpc) is 3.05. The minimum atomic E-state index is -0.0128. The molecule has 0 heterocycles. The van der Waals surface area contributed by atoms with Gasteiger partial charge in [0.25, 0.3) is 0 Å². The van der Waals surface area contributed by atoms with Gasteiger partial charge in [0, 0.05) is 18.1 Å². The molecule has 0 saturated heterocycles. The fraction of sp³-hybridized carbons (Fsp3) is 1.00. The number of nitrogens with one attached hydrogen (secondary N) is 1. The van der Waals surface area contributed by atoms with E-state index in [1.54, 1.807) is 0 Å². The van der Waals surface area contributed by atoms with Crippen LogP contribution in [0.5, 0.6) is 0 Å². The second-order valence-corrected chi connectivity index (χ2v) is 6.63. The molecule has 0 aliphatic heterocycles. The van der Waals surface area contributed by atoms with Crippen molar-refractivity contribution in [2.24, 2.45) is 11.8 Å². The molecule has 2 fully saturated rings. The second kappa shape index (κ2) is 5.89. The predicted octanol–water partition coefficient (Wildman–Crippen LogP) is 1.86. The van der Waals surface area contributed by atoms with Crippen LogP contribution in [0.1, 0.15) is 46.0 Å². The van der Waals surface area contributed by atoms with Gasteiger partial charge in [-0.2, -0.15) is 0 Å². The van der Waals surface area contributed by atoms with E-state index in [4.69, 9.17) is 0 Å². The van der Waals surface area contributed by atoms with Crippen LogP contribution in [0.3, 0.4) is 0 Å². The summed E-state index contributed by atoms with van der Waals surface area (Å²) in [5.74, 6) is 1.87. The number of hydrogen-bond donors (Lipinski definition) is 2. The van der Waals surface area contributed by atoms with Gasteiger partial charge in [0.1, 0.15) is 0 Å². The molecular weight excluding hydrogens is 224 g/mol. The fourth-order valence-corrected chi connectivity index (χ4v) is 3.61. The lowest BCUT2D eigenvalue weighted by Crippen LogP contribution is -2.55. The maximum absolute atomic E-state index is 9.73. The van der Waals surface area contributed by atoms with E-state index in [0.717, 1.165) is 31.2 Å². The maximum atomic E-state index is 9.73. The third-order valence-corrected chi connectivity index (χ3v) is 5.10. The molecule has 0 bridgehead atoms. The van der Waals surface area contributed by atoms with Crippen molar-refractivity contribution in [3.05, 3.63) is 0 Å². The number of hydrogen-bond acceptors (Lipinski definition) is 3. The van der Waals surface area contributed by atoms with Crippen molar-refractivity contribution < 1.29 is 5.11 Å². The summed E-state index contributed by atoms with van der Waals surface area (Å²) < 4.78 is 0. The van der Waals surface area contributed by atoms with Gasteiger partial charge in [-0.3, -0.25) is 0 Å². The van der Waals surface area contributed by atoms with Crippen LogP contribution in [-0.2, 0) is 0 Å². The quantitative estimate of drug-likeness (QED) is 0.759. The molecule has 0 aromatic carbocycles. The highest BCUT2D eigenvalue weighted by atomic mass is 16.3. The lowest BCUT2D eigenvalue weighted by atomic mass is 9.79. The summed E-state index contributed by atoms with van der Waals surface area (Å²) in [5, 5.41) is 13.3. The number of rotatable bonds is 6. The SMILES string of the molecule is CCNC1(CO)CCCC(N(C)CC2CC2C)C1. The van der Waals surface area contributed by atoms with Gasteiger partial charge in [0.05, 0.1) is 6.61 Å². The van der Waals surface area contributed by atoms with E-state index >= 15 is 0 Å². The lowest BCUT2D eigenvalue weighted by Gasteiger charge is -2.43. The van der Waals surface area contributed by atoms with Gasteiger partial charge in [-0.15, -0.1) is 0 Å². The Morgan fingerprint density at radius 3 is 2.72 bits per heavy atom. The van der Waals surface area contributed by atoms with E-state index in [9.17, 15) is 5.11 Å².